The lowest BCUT2D eigenvalue weighted by Crippen LogP contribution is -2.36. The Morgan fingerprint density at radius 2 is 1.92 bits per heavy atom. The molecule has 1 aromatic carbocycles. The Labute approximate surface area is 148 Å². The van der Waals surface area contributed by atoms with Gasteiger partial charge in [0.1, 0.15) is 12.0 Å². The highest BCUT2D eigenvalue weighted by atomic mass is 19.1. The number of aromatic amines is 1. The maximum Gasteiger partial charge on any atom is 0.161 e. The van der Waals surface area contributed by atoms with Gasteiger partial charge in [-0.2, -0.15) is 5.10 Å². The van der Waals surface area contributed by atoms with Crippen LogP contribution in [0.2, 0.25) is 0 Å². The summed E-state index contributed by atoms with van der Waals surface area (Å²) >= 11 is 0. The van der Waals surface area contributed by atoms with Crippen LogP contribution in [0.25, 0.3) is 21.8 Å². The van der Waals surface area contributed by atoms with Crippen LogP contribution in [0.5, 0.6) is 0 Å². The molecular formula is C19H17FN6. The number of nitrogens with zero attached hydrogens (tertiary/aromatic N) is 3. The molecule has 3 N–H and O–H groups in total. The third-order valence-electron chi connectivity index (χ3n) is 4.78. The van der Waals surface area contributed by atoms with Crippen LogP contribution in [0.4, 0.5) is 21.7 Å². The highest BCUT2D eigenvalue weighted by Crippen LogP contribution is 2.31. The molecule has 0 unspecified atom stereocenters. The van der Waals surface area contributed by atoms with Crippen molar-refractivity contribution in [2.45, 2.75) is 25.1 Å². The minimum atomic E-state index is -0.684. The summed E-state index contributed by atoms with van der Waals surface area (Å²) < 4.78 is 13.0. The van der Waals surface area contributed by atoms with Crippen molar-refractivity contribution in [3.8, 4) is 0 Å². The van der Waals surface area contributed by atoms with Gasteiger partial charge in [-0.05, 0) is 54.6 Å². The molecule has 1 saturated carbocycles. The predicted molar refractivity (Wildman–Crippen MR) is 100 cm³/mol. The average molecular weight is 348 g/mol. The first-order chi connectivity index (χ1) is 12.8. The van der Waals surface area contributed by atoms with E-state index in [1.54, 1.807) is 12.4 Å². The van der Waals surface area contributed by atoms with Crippen molar-refractivity contribution in [2.24, 2.45) is 0 Å². The molecule has 130 valence electrons. The number of benzene rings is 1. The van der Waals surface area contributed by atoms with E-state index in [1.807, 2.05) is 30.3 Å². The number of anilines is 3. The lowest BCUT2D eigenvalue weighted by atomic mass is 9.90. The van der Waals surface area contributed by atoms with Gasteiger partial charge in [0.15, 0.2) is 11.5 Å². The fourth-order valence-corrected chi connectivity index (χ4v) is 3.32. The minimum absolute atomic E-state index is 0.170. The molecule has 0 radical (unpaired) electrons. The van der Waals surface area contributed by atoms with Crippen molar-refractivity contribution in [1.29, 1.82) is 0 Å². The second kappa shape index (κ2) is 5.94. The molecule has 1 fully saturated rings. The summed E-state index contributed by atoms with van der Waals surface area (Å²) in [6, 6.07) is 12.1. The molecule has 0 saturated heterocycles. The van der Waals surface area contributed by atoms with Crippen LogP contribution in [0, 0.1) is 0 Å². The Morgan fingerprint density at radius 1 is 1.00 bits per heavy atom. The first kappa shape index (κ1) is 15.1. The zero-order chi connectivity index (χ0) is 17.5. The zero-order valence-corrected chi connectivity index (χ0v) is 13.9. The molecule has 0 aliphatic heterocycles. The Balaban J connectivity index is 1.44. The van der Waals surface area contributed by atoms with Crippen molar-refractivity contribution < 1.29 is 4.39 Å². The standard InChI is InChI=1S/C19H17FN6/c20-12-9-14(10-12)24-17-15-4-3-13(8-11(15)5-7-22-17)23-19-16-2-1-6-21-18(16)25-26-19/h1-8,12,14H,9-10H2,(H,22,24)(H2,21,23,25,26). The number of halogens is 1. The second-order valence-electron chi connectivity index (χ2n) is 6.60. The Hall–Kier alpha value is -3.22. The number of hydrogen-bond acceptors (Lipinski definition) is 5. The molecule has 3 aromatic heterocycles. The van der Waals surface area contributed by atoms with Crippen LogP contribution >= 0.6 is 0 Å². The summed E-state index contributed by atoms with van der Waals surface area (Å²) in [6.45, 7) is 0. The molecule has 7 heteroatoms. The molecule has 1 aliphatic rings. The topological polar surface area (TPSA) is 78.5 Å². The minimum Gasteiger partial charge on any atom is -0.367 e. The molecule has 4 aromatic rings. The molecule has 0 amide bonds. The average Bonchev–Trinajstić information content (AvgIpc) is 3.03. The van der Waals surface area contributed by atoms with Gasteiger partial charge in [0, 0.05) is 29.5 Å². The van der Waals surface area contributed by atoms with Crippen molar-refractivity contribution in [3.63, 3.8) is 0 Å². The van der Waals surface area contributed by atoms with E-state index in [9.17, 15) is 4.39 Å². The number of H-pyrrole nitrogens is 1. The van der Waals surface area contributed by atoms with E-state index in [0.717, 1.165) is 39.1 Å². The predicted octanol–water partition coefficient (Wildman–Crippen LogP) is 4.16. The van der Waals surface area contributed by atoms with Gasteiger partial charge in [-0.25, -0.2) is 14.4 Å². The van der Waals surface area contributed by atoms with Crippen molar-refractivity contribution in [1.82, 2.24) is 20.2 Å². The van der Waals surface area contributed by atoms with E-state index in [2.05, 4.69) is 36.9 Å². The van der Waals surface area contributed by atoms with E-state index < -0.39 is 6.17 Å². The fraction of sp³-hybridized carbons (Fsp3) is 0.211. The van der Waals surface area contributed by atoms with E-state index in [4.69, 9.17) is 0 Å². The maximum absolute atomic E-state index is 13.0. The summed E-state index contributed by atoms with van der Waals surface area (Å²) in [6.07, 6.45) is 3.93. The summed E-state index contributed by atoms with van der Waals surface area (Å²) in [5, 5.41) is 16.9. The zero-order valence-electron chi connectivity index (χ0n) is 13.9. The number of pyridine rings is 2. The normalized spacial score (nSPS) is 19.4. The quantitative estimate of drug-likeness (QED) is 0.516. The van der Waals surface area contributed by atoms with E-state index in [0.29, 0.717) is 12.8 Å². The van der Waals surface area contributed by atoms with Crippen molar-refractivity contribution >= 4 is 39.1 Å². The molecule has 5 rings (SSSR count). The molecule has 1 aliphatic carbocycles. The summed E-state index contributed by atoms with van der Waals surface area (Å²) in [5.41, 5.74) is 1.68. The van der Waals surface area contributed by atoms with Gasteiger partial charge in [-0.3, -0.25) is 5.10 Å². The van der Waals surface area contributed by atoms with Crippen LogP contribution in [-0.4, -0.2) is 32.4 Å². The molecule has 26 heavy (non-hydrogen) atoms. The SMILES string of the molecule is FC1CC(Nc2nccc3cc(Nc4n[nH]c5ncccc45)ccc23)C1. The number of alkyl halides is 1. The van der Waals surface area contributed by atoms with E-state index >= 15 is 0 Å². The van der Waals surface area contributed by atoms with Crippen LogP contribution < -0.4 is 10.6 Å². The van der Waals surface area contributed by atoms with Crippen molar-refractivity contribution in [3.05, 3.63) is 48.8 Å². The molecule has 0 bridgehead atoms. The van der Waals surface area contributed by atoms with Gasteiger partial charge >= 0.3 is 0 Å². The maximum atomic E-state index is 13.0. The number of fused-ring (bicyclic) bond motifs is 2. The van der Waals surface area contributed by atoms with Gasteiger partial charge in [-0.1, -0.05) is 0 Å². The van der Waals surface area contributed by atoms with Crippen molar-refractivity contribution in [2.75, 3.05) is 10.6 Å². The smallest absolute Gasteiger partial charge is 0.161 e. The van der Waals surface area contributed by atoms with Crippen LogP contribution in [0.15, 0.2) is 48.8 Å². The number of rotatable bonds is 4. The number of hydrogen-bond donors (Lipinski definition) is 3. The monoisotopic (exact) mass is 348 g/mol. The van der Waals surface area contributed by atoms with Crippen LogP contribution in [-0.2, 0) is 0 Å². The first-order valence-electron chi connectivity index (χ1n) is 8.62. The van der Waals surface area contributed by atoms with E-state index in [1.165, 1.54) is 0 Å². The summed E-state index contributed by atoms with van der Waals surface area (Å²) in [5.74, 6) is 1.55. The number of aromatic nitrogens is 4. The van der Waals surface area contributed by atoms with E-state index in [-0.39, 0.29) is 6.04 Å². The molecule has 0 spiro atoms. The second-order valence-corrected chi connectivity index (χ2v) is 6.60. The molecular weight excluding hydrogens is 331 g/mol. The van der Waals surface area contributed by atoms with Gasteiger partial charge < -0.3 is 10.6 Å². The van der Waals surface area contributed by atoms with Gasteiger partial charge in [0.2, 0.25) is 0 Å². The van der Waals surface area contributed by atoms with Crippen LogP contribution in [0.1, 0.15) is 12.8 Å². The Bertz CT molecular complexity index is 1090. The van der Waals surface area contributed by atoms with Crippen LogP contribution in [0.3, 0.4) is 0 Å². The lowest BCUT2D eigenvalue weighted by molar-refractivity contribution is 0.192. The lowest BCUT2D eigenvalue weighted by Gasteiger charge is -2.31. The Morgan fingerprint density at radius 3 is 2.81 bits per heavy atom. The molecule has 6 nitrogen and oxygen atoms in total. The third kappa shape index (κ3) is 2.61. The Kier molecular flexibility index (Phi) is 3.44. The van der Waals surface area contributed by atoms with Gasteiger partial charge in [0.25, 0.3) is 0 Å². The summed E-state index contributed by atoms with van der Waals surface area (Å²) in [4.78, 5) is 8.67. The third-order valence-corrected chi connectivity index (χ3v) is 4.78. The van der Waals surface area contributed by atoms with Gasteiger partial charge in [-0.15, -0.1) is 0 Å². The molecule has 0 atom stereocenters. The highest BCUT2D eigenvalue weighted by molar-refractivity contribution is 5.95. The van der Waals surface area contributed by atoms with Gasteiger partial charge in [0.05, 0.1) is 5.39 Å². The fourth-order valence-electron chi connectivity index (χ4n) is 3.32. The first-order valence-corrected chi connectivity index (χ1v) is 8.62. The molecule has 3 heterocycles. The highest BCUT2D eigenvalue weighted by Gasteiger charge is 2.29. The largest absolute Gasteiger partial charge is 0.367 e. The summed E-state index contributed by atoms with van der Waals surface area (Å²) in [7, 11) is 0. The number of nitrogens with one attached hydrogen (secondary N) is 3.